The molecule has 0 atom stereocenters. The third-order valence-corrected chi connectivity index (χ3v) is 6.16. The molecule has 0 aliphatic carbocycles. The Morgan fingerprint density at radius 3 is 2.67 bits per heavy atom. The zero-order chi connectivity index (χ0) is 16.4. The molecule has 2 heterocycles. The smallest absolute Gasteiger partial charge is 0.137 e. The number of hydrogen-bond acceptors (Lipinski definition) is 5. The van der Waals surface area contributed by atoms with Gasteiger partial charge in [0.05, 0.1) is 15.2 Å². The highest BCUT2D eigenvalue weighted by molar-refractivity contribution is 8.03. The Bertz CT molecular complexity index is 905. The van der Waals surface area contributed by atoms with E-state index < -0.39 is 0 Å². The summed E-state index contributed by atoms with van der Waals surface area (Å²) in [5.41, 5.74) is 2.77. The molecule has 3 nitrogen and oxygen atoms in total. The van der Waals surface area contributed by atoms with Crippen molar-refractivity contribution < 1.29 is 0 Å². The maximum Gasteiger partial charge on any atom is 0.137 e. The highest BCUT2D eigenvalue weighted by atomic mass is 32.2. The van der Waals surface area contributed by atoms with Gasteiger partial charge in [-0.1, -0.05) is 30.3 Å². The third-order valence-electron chi connectivity index (χ3n) is 3.91. The lowest BCUT2D eigenvalue weighted by Crippen LogP contribution is -2.27. The van der Waals surface area contributed by atoms with Crippen molar-refractivity contribution in [1.82, 2.24) is 4.98 Å². The monoisotopic (exact) mass is 349 g/mol. The first-order chi connectivity index (χ1) is 11.9. The molecule has 1 aliphatic heterocycles. The molecule has 0 unspecified atom stereocenters. The number of nitriles is 1. The topological polar surface area (TPSA) is 39.9 Å². The van der Waals surface area contributed by atoms with Crippen molar-refractivity contribution in [1.29, 1.82) is 5.26 Å². The maximum atomic E-state index is 9.84. The van der Waals surface area contributed by atoms with Crippen LogP contribution in [0.25, 0.3) is 15.8 Å². The van der Waals surface area contributed by atoms with Crippen molar-refractivity contribution in [2.75, 3.05) is 17.2 Å². The van der Waals surface area contributed by atoms with Crippen molar-refractivity contribution >= 4 is 44.6 Å². The number of nitrogens with zero attached hydrogens (tertiary/aromatic N) is 3. The number of thioether (sulfide) groups is 1. The van der Waals surface area contributed by atoms with Crippen LogP contribution in [0.3, 0.4) is 0 Å². The van der Waals surface area contributed by atoms with Gasteiger partial charge in [0.15, 0.2) is 0 Å². The lowest BCUT2D eigenvalue weighted by atomic mass is 10.2. The van der Waals surface area contributed by atoms with Gasteiger partial charge in [-0.3, -0.25) is 0 Å². The minimum absolute atomic E-state index is 0.685. The summed E-state index contributed by atoms with van der Waals surface area (Å²) in [6.07, 6.45) is 1.11. The molecule has 118 valence electrons. The van der Waals surface area contributed by atoms with Gasteiger partial charge < -0.3 is 4.90 Å². The van der Waals surface area contributed by atoms with E-state index in [2.05, 4.69) is 34.2 Å². The number of anilines is 1. The average molecular weight is 349 g/mol. The van der Waals surface area contributed by atoms with E-state index in [1.54, 1.807) is 23.1 Å². The minimum atomic E-state index is 0.685. The van der Waals surface area contributed by atoms with Crippen LogP contribution in [0.15, 0.2) is 59.6 Å². The van der Waals surface area contributed by atoms with Gasteiger partial charge in [-0.05, 0) is 30.7 Å². The van der Waals surface area contributed by atoms with E-state index >= 15 is 0 Å². The first-order valence-electron chi connectivity index (χ1n) is 7.82. The summed E-state index contributed by atoms with van der Waals surface area (Å²) < 4.78 is 1.12. The lowest BCUT2D eigenvalue weighted by molar-refractivity contribution is 0.865. The van der Waals surface area contributed by atoms with Crippen molar-refractivity contribution in [3.05, 3.63) is 64.6 Å². The van der Waals surface area contributed by atoms with Gasteiger partial charge in [-0.2, -0.15) is 5.26 Å². The number of thiazole rings is 1. The van der Waals surface area contributed by atoms with Gasteiger partial charge in [0.2, 0.25) is 0 Å². The fourth-order valence-corrected chi connectivity index (χ4v) is 4.93. The van der Waals surface area contributed by atoms with E-state index in [0.29, 0.717) is 5.57 Å². The molecule has 0 amide bonds. The van der Waals surface area contributed by atoms with Crippen molar-refractivity contribution in [3.63, 3.8) is 0 Å². The van der Waals surface area contributed by atoms with Gasteiger partial charge in [-0.15, -0.1) is 23.1 Å². The van der Waals surface area contributed by atoms with Crippen LogP contribution in [0.4, 0.5) is 5.69 Å². The van der Waals surface area contributed by atoms with Gasteiger partial charge >= 0.3 is 0 Å². The summed E-state index contributed by atoms with van der Waals surface area (Å²) in [6, 6.07) is 20.7. The molecular weight excluding hydrogens is 334 g/mol. The molecular formula is C19H15N3S2. The fourth-order valence-electron chi connectivity index (χ4n) is 2.80. The van der Waals surface area contributed by atoms with Crippen molar-refractivity contribution in [2.24, 2.45) is 0 Å². The summed E-state index contributed by atoms with van der Waals surface area (Å²) in [6.45, 7) is 0.933. The molecule has 3 aromatic rings. The zero-order valence-electron chi connectivity index (χ0n) is 13.0. The number of fused-ring (bicyclic) bond motifs is 1. The lowest BCUT2D eigenvalue weighted by Gasteiger charge is -2.31. The Labute approximate surface area is 149 Å². The van der Waals surface area contributed by atoms with Crippen LogP contribution < -0.4 is 4.90 Å². The molecule has 5 heteroatoms. The van der Waals surface area contributed by atoms with Crippen molar-refractivity contribution in [2.45, 2.75) is 6.42 Å². The average Bonchev–Trinajstić information content (AvgIpc) is 3.07. The largest absolute Gasteiger partial charge is 0.335 e. The molecule has 0 bridgehead atoms. The van der Waals surface area contributed by atoms with Crippen molar-refractivity contribution in [3.8, 4) is 6.07 Å². The summed E-state index contributed by atoms with van der Waals surface area (Å²) in [5.74, 6) is 1.04. The van der Waals surface area contributed by atoms with E-state index in [4.69, 9.17) is 0 Å². The standard InChI is InChI=1S/C19H15N3S2/c20-13-15(18-21-16-9-4-5-10-17(16)24-18)19-22(11-6-12-23-19)14-7-2-1-3-8-14/h1-5,7-10H,6,11-12H2/b19-15+. The molecule has 0 N–H and O–H groups in total. The molecule has 4 rings (SSSR count). The van der Waals surface area contributed by atoms with E-state index in [9.17, 15) is 5.26 Å². The second kappa shape index (κ2) is 6.68. The SMILES string of the molecule is N#C/C(=C1\SCCCN1c1ccccc1)c1nc2ccccc2s1. The Morgan fingerprint density at radius 2 is 1.88 bits per heavy atom. The second-order valence-electron chi connectivity index (χ2n) is 5.47. The van der Waals surface area contributed by atoms with E-state index in [0.717, 1.165) is 44.7 Å². The molecule has 1 aliphatic rings. The molecule has 1 fully saturated rings. The van der Waals surface area contributed by atoms with Crippen LogP contribution in [0.1, 0.15) is 11.4 Å². The normalized spacial score (nSPS) is 16.9. The van der Waals surface area contributed by atoms with Gasteiger partial charge in [0.25, 0.3) is 0 Å². The summed E-state index contributed by atoms with van der Waals surface area (Å²) >= 11 is 3.34. The number of aromatic nitrogens is 1. The quantitative estimate of drug-likeness (QED) is 0.601. The van der Waals surface area contributed by atoms with Crippen LogP contribution >= 0.6 is 23.1 Å². The predicted molar refractivity (Wildman–Crippen MR) is 103 cm³/mol. The minimum Gasteiger partial charge on any atom is -0.335 e. The molecule has 0 spiro atoms. The second-order valence-corrected chi connectivity index (χ2v) is 7.58. The maximum absolute atomic E-state index is 9.84. The third kappa shape index (κ3) is 2.79. The Hall–Kier alpha value is -2.29. The number of rotatable bonds is 2. The van der Waals surface area contributed by atoms with Crippen LogP contribution in [-0.4, -0.2) is 17.3 Å². The zero-order valence-corrected chi connectivity index (χ0v) is 14.6. The van der Waals surface area contributed by atoms with E-state index in [-0.39, 0.29) is 0 Å². The van der Waals surface area contributed by atoms with Crippen LogP contribution in [0, 0.1) is 11.3 Å². The summed E-state index contributed by atoms with van der Waals surface area (Å²) in [7, 11) is 0. The Kier molecular flexibility index (Phi) is 4.24. The Balaban J connectivity index is 1.84. The van der Waals surface area contributed by atoms with Gasteiger partial charge in [0.1, 0.15) is 16.6 Å². The van der Waals surface area contributed by atoms with Crippen LogP contribution in [-0.2, 0) is 0 Å². The number of para-hydroxylation sites is 2. The molecule has 0 saturated carbocycles. The van der Waals surface area contributed by atoms with Gasteiger partial charge in [0, 0.05) is 18.0 Å². The van der Waals surface area contributed by atoms with Gasteiger partial charge in [-0.25, -0.2) is 4.98 Å². The van der Waals surface area contributed by atoms with E-state index in [1.165, 1.54) is 0 Å². The molecule has 1 aromatic heterocycles. The Morgan fingerprint density at radius 1 is 1.08 bits per heavy atom. The first-order valence-corrected chi connectivity index (χ1v) is 9.63. The molecule has 24 heavy (non-hydrogen) atoms. The number of allylic oxidation sites excluding steroid dienone is 1. The number of benzene rings is 2. The highest BCUT2D eigenvalue weighted by Crippen LogP contribution is 2.38. The number of hydrogen-bond donors (Lipinski definition) is 0. The van der Waals surface area contributed by atoms with E-state index in [1.807, 2.05) is 36.4 Å². The van der Waals surface area contributed by atoms with Crippen LogP contribution in [0.2, 0.25) is 0 Å². The highest BCUT2D eigenvalue weighted by Gasteiger charge is 2.23. The molecule has 2 aromatic carbocycles. The summed E-state index contributed by atoms with van der Waals surface area (Å²) in [4.78, 5) is 6.93. The fraction of sp³-hybridized carbons (Fsp3) is 0.158. The molecule has 1 saturated heterocycles. The van der Waals surface area contributed by atoms with Crippen LogP contribution in [0.5, 0.6) is 0 Å². The first kappa shape index (κ1) is 15.3. The summed E-state index contributed by atoms with van der Waals surface area (Å²) in [5, 5.41) is 11.7. The molecule has 0 radical (unpaired) electrons. The predicted octanol–water partition coefficient (Wildman–Crippen LogP) is 5.13.